The molecule has 130 valence electrons. The highest BCUT2D eigenvalue weighted by atomic mass is 16.1. The molecule has 5 rings (SSSR count). The van der Waals surface area contributed by atoms with Gasteiger partial charge in [0.15, 0.2) is 10.9 Å². The van der Waals surface area contributed by atoms with Crippen molar-refractivity contribution in [2.24, 2.45) is 5.73 Å². The molecule has 4 N–H and O–H groups in total. The van der Waals surface area contributed by atoms with Crippen LogP contribution in [0.1, 0.15) is 10.4 Å². The van der Waals surface area contributed by atoms with Crippen LogP contribution in [0.15, 0.2) is 64.2 Å². The molecule has 6 heteroatoms. The molecular weight excluding hydrogens is 342 g/mol. The Bertz CT molecular complexity index is 1540. The Morgan fingerprint density at radius 2 is 1.33 bits per heavy atom. The van der Waals surface area contributed by atoms with Crippen molar-refractivity contribution >= 4 is 49.5 Å². The van der Waals surface area contributed by atoms with Gasteiger partial charge in [0.25, 0.3) is 0 Å². The summed E-state index contributed by atoms with van der Waals surface area (Å²) in [7, 11) is 0. The molecule has 0 radical (unpaired) electrons. The summed E-state index contributed by atoms with van der Waals surface area (Å²) in [6.45, 7) is 0. The minimum absolute atomic E-state index is 0.104. The van der Waals surface area contributed by atoms with Gasteiger partial charge in [-0.15, -0.1) is 0 Å². The third kappa shape index (κ3) is 2.10. The SMILES string of the molecule is NC(=O)c1cccc2[nH]c3cc4c(=O)c5ccccc5[nH]c4cc3c(=O)c12. The van der Waals surface area contributed by atoms with Crippen molar-refractivity contribution in [2.75, 3.05) is 0 Å². The van der Waals surface area contributed by atoms with Crippen LogP contribution in [0.3, 0.4) is 0 Å². The van der Waals surface area contributed by atoms with E-state index in [0.717, 1.165) is 0 Å². The van der Waals surface area contributed by atoms with E-state index < -0.39 is 5.91 Å². The standard InChI is InChI=1S/C21H13N3O3/c22-21(27)11-5-3-7-15-18(11)20(26)13-9-16-12(8-17(13)24-15)19(25)10-4-1-2-6-14(10)23-16/h1-9H,(H2,22,27)(H,23,25)(H,24,26). The summed E-state index contributed by atoms with van der Waals surface area (Å²) in [5, 5.41) is 1.71. The molecule has 0 unspecified atom stereocenters. The number of aromatic amines is 2. The molecule has 0 fully saturated rings. The summed E-state index contributed by atoms with van der Waals surface area (Å²) < 4.78 is 0. The van der Waals surface area contributed by atoms with Gasteiger partial charge in [-0.25, -0.2) is 0 Å². The van der Waals surface area contributed by atoms with Gasteiger partial charge in [0.05, 0.1) is 27.5 Å². The van der Waals surface area contributed by atoms with E-state index in [-0.39, 0.29) is 21.8 Å². The molecule has 0 saturated heterocycles. The lowest BCUT2D eigenvalue weighted by Gasteiger charge is -2.08. The van der Waals surface area contributed by atoms with Crippen molar-refractivity contribution in [2.45, 2.75) is 0 Å². The third-order valence-electron chi connectivity index (χ3n) is 4.91. The van der Waals surface area contributed by atoms with Crippen LogP contribution >= 0.6 is 0 Å². The Hall–Kier alpha value is -3.93. The molecule has 0 spiro atoms. The molecule has 0 aliphatic heterocycles. The molecular formula is C21H13N3O3. The van der Waals surface area contributed by atoms with Crippen LogP contribution in [0, 0.1) is 0 Å². The first-order valence-electron chi connectivity index (χ1n) is 8.38. The average molecular weight is 355 g/mol. The molecule has 27 heavy (non-hydrogen) atoms. The van der Waals surface area contributed by atoms with Gasteiger partial charge < -0.3 is 15.7 Å². The number of aromatic nitrogens is 2. The van der Waals surface area contributed by atoms with Crippen LogP contribution in [0.4, 0.5) is 0 Å². The molecule has 3 aromatic carbocycles. The summed E-state index contributed by atoms with van der Waals surface area (Å²) in [4.78, 5) is 44.0. The number of benzene rings is 3. The Morgan fingerprint density at radius 3 is 2.07 bits per heavy atom. The van der Waals surface area contributed by atoms with Crippen LogP contribution in [0.5, 0.6) is 0 Å². The van der Waals surface area contributed by atoms with E-state index in [9.17, 15) is 14.4 Å². The number of pyridine rings is 2. The first kappa shape index (κ1) is 15.3. The number of primary amides is 1. The lowest BCUT2D eigenvalue weighted by Crippen LogP contribution is -2.16. The molecule has 0 aliphatic carbocycles. The molecule has 2 aromatic heterocycles. The van der Waals surface area contributed by atoms with Crippen LogP contribution in [0.2, 0.25) is 0 Å². The molecule has 0 saturated carbocycles. The summed E-state index contributed by atoms with van der Waals surface area (Å²) in [6, 6.07) is 15.4. The fourth-order valence-electron chi connectivity index (χ4n) is 3.65. The highest BCUT2D eigenvalue weighted by Crippen LogP contribution is 2.22. The summed E-state index contributed by atoms with van der Waals surface area (Å²) in [5.41, 5.74) is 7.48. The highest BCUT2D eigenvalue weighted by molar-refractivity contribution is 6.09. The summed E-state index contributed by atoms with van der Waals surface area (Å²) in [6.07, 6.45) is 0. The molecule has 5 aromatic rings. The third-order valence-corrected chi connectivity index (χ3v) is 4.91. The maximum absolute atomic E-state index is 13.1. The van der Waals surface area contributed by atoms with Gasteiger partial charge in [-0.1, -0.05) is 18.2 Å². The second kappa shape index (κ2) is 5.28. The number of carbonyl (C=O) groups excluding carboxylic acids is 1. The number of nitrogens with one attached hydrogen (secondary N) is 2. The van der Waals surface area contributed by atoms with Crippen molar-refractivity contribution in [3.63, 3.8) is 0 Å². The van der Waals surface area contributed by atoms with Gasteiger partial charge in [0.1, 0.15) is 0 Å². The van der Waals surface area contributed by atoms with E-state index in [1.165, 1.54) is 6.07 Å². The normalized spacial score (nSPS) is 11.6. The molecule has 6 nitrogen and oxygen atoms in total. The number of amides is 1. The van der Waals surface area contributed by atoms with Crippen LogP contribution in [-0.4, -0.2) is 15.9 Å². The molecule has 0 atom stereocenters. The smallest absolute Gasteiger partial charge is 0.249 e. The Balaban J connectivity index is 2.01. The van der Waals surface area contributed by atoms with E-state index >= 15 is 0 Å². The van der Waals surface area contributed by atoms with Gasteiger partial charge in [-0.2, -0.15) is 0 Å². The summed E-state index contributed by atoms with van der Waals surface area (Å²) >= 11 is 0. The largest absolute Gasteiger partial charge is 0.366 e. The summed E-state index contributed by atoms with van der Waals surface area (Å²) in [5.74, 6) is -0.661. The average Bonchev–Trinajstić information content (AvgIpc) is 2.67. The zero-order chi connectivity index (χ0) is 18.7. The predicted octanol–water partition coefficient (Wildman–Crippen LogP) is 2.77. The number of hydrogen-bond acceptors (Lipinski definition) is 3. The number of hydrogen-bond donors (Lipinski definition) is 3. The first-order valence-corrected chi connectivity index (χ1v) is 8.38. The lowest BCUT2D eigenvalue weighted by molar-refractivity contribution is 0.100. The van der Waals surface area contributed by atoms with Crippen LogP contribution < -0.4 is 16.6 Å². The van der Waals surface area contributed by atoms with Crippen molar-refractivity contribution in [3.05, 3.63) is 80.6 Å². The molecule has 0 bridgehead atoms. The number of H-pyrrole nitrogens is 2. The molecule has 0 aliphatic rings. The first-order chi connectivity index (χ1) is 13.0. The minimum Gasteiger partial charge on any atom is -0.366 e. The molecule has 2 heterocycles. The van der Waals surface area contributed by atoms with Crippen molar-refractivity contribution in [3.8, 4) is 0 Å². The van der Waals surface area contributed by atoms with Crippen LogP contribution in [-0.2, 0) is 0 Å². The van der Waals surface area contributed by atoms with Gasteiger partial charge in [-0.05, 0) is 36.4 Å². The zero-order valence-corrected chi connectivity index (χ0v) is 14.0. The quantitative estimate of drug-likeness (QED) is 0.402. The van der Waals surface area contributed by atoms with Crippen LogP contribution in [0.25, 0.3) is 43.6 Å². The van der Waals surface area contributed by atoms with Crippen molar-refractivity contribution < 1.29 is 4.79 Å². The minimum atomic E-state index is -0.661. The maximum Gasteiger partial charge on any atom is 0.249 e. The van der Waals surface area contributed by atoms with Gasteiger partial charge >= 0.3 is 0 Å². The van der Waals surface area contributed by atoms with E-state index in [2.05, 4.69) is 9.97 Å². The fraction of sp³-hybridized carbons (Fsp3) is 0. The fourth-order valence-corrected chi connectivity index (χ4v) is 3.65. The highest BCUT2D eigenvalue weighted by Gasteiger charge is 2.14. The number of rotatable bonds is 1. The Morgan fingerprint density at radius 1 is 0.704 bits per heavy atom. The van der Waals surface area contributed by atoms with Gasteiger partial charge in [0, 0.05) is 21.7 Å². The van der Waals surface area contributed by atoms with E-state index in [0.29, 0.717) is 38.2 Å². The second-order valence-corrected chi connectivity index (χ2v) is 6.49. The number of fused-ring (bicyclic) bond motifs is 4. The monoisotopic (exact) mass is 355 g/mol. The Kier molecular flexibility index (Phi) is 3.00. The lowest BCUT2D eigenvalue weighted by atomic mass is 10.0. The van der Waals surface area contributed by atoms with E-state index in [1.54, 1.807) is 30.3 Å². The van der Waals surface area contributed by atoms with Crippen molar-refractivity contribution in [1.29, 1.82) is 0 Å². The topological polar surface area (TPSA) is 109 Å². The second-order valence-electron chi connectivity index (χ2n) is 6.49. The number of carbonyl (C=O) groups is 1. The van der Waals surface area contributed by atoms with Gasteiger partial charge in [0.2, 0.25) is 5.91 Å². The van der Waals surface area contributed by atoms with E-state index in [1.807, 2.05) is 18.2 Å². The number of para-hydroxylation sites is 1. The van der Waals surface area contributed by atoms with E-state index in [4.69, 9.17) is 5.73 Å². The van der Waals surface area contributed by atoms with Crippen molar-refractivity contribution in [1.82, 2.24) is 9.97 Å². The maximum atomic E-state index is 13.1. The molecule has 1 amide bonds. The number of nitrogens with two attached hydrogens (primary N) is 1. The Labute approximate surface area is 151 Å². The predicted molar refractivity (Wildman–Crippen MR) is 106 cm³/mol. The van der Waals surface area contributed by atoms with Gasteiger partial charge in [-0.3, -0.25) is 14.4 Å². The zero-order valence-electron chi connectivity index (χ0n) is 14.0.